The fraction of sp³-hybridized carbons (Fsp3) is 0.139. The van der Waals surface area contributed by atoms with Crippen LogP contribution in [-0.2, 0) is 11.4 Å². The van der Waals surface area contributed by atoms with Crippen LogP contribution in [0.2, 0.25) is 5.02 Å². The van der Waals surface area contributed by atoms with Crippen molar-refractivity contribution in [1.82, 2.24) is 4.57 Å². The minimum atomic E-state index is -0.716. The van der Waals surface area contributed by atoms with Crippen LogP contribution >= 0.6 is 61.5 Å². The highest BCUT2D eigenvalue weighted by molar-refractivity contribution is 14.1. The molecule has 0 fully saturated rings. The van der Waals surface area contributed by atoms with E-state index in [0.29, 0.717) is 49.4 Å². The monoisotopic (exact) mass is 839 g/mol. The number of benzene rings is 4. The number of nitrogens with zero attached hydrogens (tertiary/aromatic N) is 2. The third kappa shape index (κ3) is 7.25. The largest absolute Gasteiger partial charge is 0.494 e. The van der Waals surface area contributed by atoms with Gasteiger partial charge in [0.15, 0.2) is 4.80 Å². The molecular formula is C36H28BrClIN3O4S. The van der Waals surface area contributed by atoms with Gasteiger partial charge in [0.1, 0.15) is 18.1 Å². The second-order valence-corrected chi connectivity index (χ2v) is 14.1. The molecule has 0 unspecified atom stereocenters. The molecule has 6 rings (SSSR count). The van der Waals surface area contributed by atoms with E-state index in [1.54, 1.807) is 11.5 Å². The highest BCUT2D eigenvalue weighted by Gasteiger charge is 2.32. The van der Waals surface area contributed by atoms with Gasteiger partial charge in [-0.25, -0.2) is 4.99 Å². The highest BCUT2D eigenvalue weighted by Crippen LogP contribution is 2.33. The van der Waals surface area contributed by atoms with Crippen LogP contribution in [0.1, 0.15) is 36.6 Å². The Kier molecular flexibility index (Phi) is 10.3. The molecule has 7 nitrogen and oxygen atoms in total. The molecule has 11 heteroatoms. The molecule has 1 aliphatic heterocycles. The van der Waals surface area contributed by atoms with Crippen LogP contribution in [0.25, 0.3) is 6.08 Å². The van der Waals surface area contributed by atoms with Gasteiger partial charge in [0.2, 0.25) is 0 Å². The zero-order chi connectivity index (χ0) is 33.1. The number of rotatable bonds is 9. The van der Waals surface area contributed by atoms with Crippen LogP contribution in [0.4, 0.5) is 5.69 Å². The molecular weight excluding hydrogens is 813 g/mol. The lowest BCUT2D eigenvalue weighted by atomic mass is 9.95. The molecule has 1 aromatic heterocycles. The first-order valence-corrected chi connectivity index (χ1v) is 17.8. The number of nitrogens with one attached hydrogen (secondary N) is 1. The average molecular weight is 841 g/mol. The summed E-state index contributed by atoms with van der Waals surface area (Å²) in [6.07, 6.45) is 1.82. The van der Waals surface area contributed by atoms with Crippen molar-refractivity contribution in [3.63, 3.8) is 0 Å². The SMILES string of the molecule is CCOc1ccc([C@@H]2C(C(=O)Nc3ccccc3)=C(C)N=c3s/c(=C\c4cc(Br)cc(I)c4OCc4ccccc4Cl)c(=O)n32)cc1. The molecule has 2 heterocycles. The van der Waals surface area contributed by atoms with Gasteiger partial charge in [-0.2, -0.15) is 0 Å². The van der Waals surface area contributed by atoms with Crippen LogP contribution in [0.15, 0.2) is 117 Å². The van der Waals surface area contributed by atoms with Crippen LogP contribution in [0.3, 0.4) is 0 Å². The van der Waals surface area contributed by atoms with Gasteiger partial charge >= 0.3 is 0 Å². The third-order valence-electron chi connectivity index (χ3n) is 7.46. The molecule has 1 atom stereocenters. The summed E-state index contributed by atoms with van der Waals surface area (Å²) < 4.78 is 15.7. The van der Waals surface area contributed by atoms with Crippen molar-refractivity contribution in [2.24, 2.45) is 4.99 Å². The van der Waals surface area contributed by atoms with Gasteiger partial charge in [0, 0.05) is 26.3 Å². The predicted molar refractivity (Wildman–Crippen MR) is 199 cm³/mol. The molecule has 5 aromatic rings. The third-order valence-corrected chi connectivity index (χ3v) is 10.1. The number of fused-ring (bicyclic) bond motifs is 1. The maximum absolute atomic E-state index is 14.3. The van der Waals surface area contributed by atoms with E-state index in [2.05, 4.69) is 43.8 Å². The number of para-hydroxylation sites is 1. The van der Waals surface area contributed by atoms with Crippen molar-refractivity contribution < 1.29 is 14.3 Å². The lowest BCUT2D eigenvalue weighted by Gasteiger charge is -2.25. The smallest absolute Gasteiger partial charge is 0.271 e. The predicted octanol–water partition coefficient (Wildman–Crippen LogP) is 7.87. The highest BCUT2D eigenvalue weighted by atomic mass is 127. The maximum Gasteiger partial charge on any atom is 0.271 e. The van der Waals surface area contributed by atoms with Gasteiger partial charge in [0.05, 0.1) is 32.0 Å². The van der Waals surface area contributed by atoms with Gasteiger partial charge in [-0.15, -0.1) is 0 Å². The lowest BCUT2D eigenvalue weighted by molar-refractivity contribution is -0.113. The van der Waals surface area contributed by atoms with Crippen LogP contribution < -0.4 is 29.7 Å². The summed E-state index contributed by atoms with van der Waals surface area (Å²) in [4.78, 5) is 33.5. The molecule has 1 aliphatic rings. The molecule has 0 bridgehead atoms. The quantitative estimate of drug-likeness (QED) is 0.153. The summed E-state index contributed by atoms with van der Waals surface area (Å²) in [6, 6.07) is 27.4. The number of anilines is 1. The molecule has 0 aliphatic carbocycles. The van der Waals surface area contributed by atoms with Gasteiger partial charge < -0.3 is 14.8 Å². The average Bonchev–Trinajstić information content (AvgIpc) is 3.35. The molecule has 4 aromatic carbocycles. The zero-order valence-corrected chi connectivity index (χ0v) is 30.6. The minimum absolute atomic E-state index is 0.260. The van der Waals surface area contributed by atoms with Gasteiger partial charge in [-0.1, -0.05) is 87.4 Å². The Morgan fingerprint density at radius 2 is 1.79 bits per heavy atom. The van der Waals surface area contributed by atoms with E-state index < -0.39 is 6.04 Å². The van der Waals surface area contributed by atoms with E-state index in [4.69, 9.17) is 26.1 Å². The van der Waals surface area contributed by atoms with Crippen LogP contribution in [-0.4, -0.2) is 17.1 Å². The Balaban J connectivity index is 1.46. The Labute approximate surface area is 302 Å². The molecule has 1 N–H and O–H groups in total. The van der Waals surface area contributed by atoms with Gasteiger partial charge in [-0.05, 0) is 90.5 Å². The number of carbonyl (C=O) groups is 1. The van der Waals surface area contributed by atoms with Crippen molar-refractivity contribution >= 4 is 79.1 Å². The van der Waals surface area contributed by atoms with Crippen molar-refractivity contribution in [1.29, 1.82) is 0 Å². The zero-order valence-electron chi connectivity index (χ0n) is 25.3. The standard InChI is InChI=1S/C36H28BrClIN3O4S/c1-3-45-27-15-13-22(14-16-27)32-31(34(43)41-26-10-5-4-6-11-26)21(2)40-36-42(32)35(44)30(47-36)18-24-17-25(37)19-29(39)33(24)46-20-23-9-7-8-12-28(23)38/h4-19,32H,3,20H2,1-2H3,(H,41,43)/b30-18-/t32-/m1/s1. The summed E-state index contributed by atoms with van der Waals surface area (Å²) >= 11 is 13.5. The van der Waals surface area contributed by atoms with E-state index in [1.807, 2.05) is 104 Å². The summed E-state index contributed by atoms with van der Waals surface area (Å²) in [5, 5.41) is 3.61. The number of carbonyl (C=O) groups excluding carboxylic acids is 1. The number of aromatic nitrogens is 1. The number of thiazole rings is 1. The molecule has 0 saturated carbocycles. The fourth-order valence-corrected chi connectivity index (χ4v) is 8.24. The van der Waals surface area contributed by atoms with Gasteiger partial charge in [0.25, 0.3) is 11.5 Å². The number of halogens is 3. The molecule has 0 saturated heterocycles. The Hall–Kier alpha value is -3.71. The first kappa shape index (κ1) is 33.2. The molecule has 0 spiro atoms. The van der Waals surface area contributed by atoms with E-state index in [9.17, 15) is 9.59 Å². The molecule has 238 valence electrons. The molecule has 1 amide bonds. The van der Waals surface area contributed by atoms with Crippen LogP contribution in [0, 0.1) is 3.57 Å². The van der Waals surface area contributed by atoms with E-state index in [1.165, 1.54) is 11.3 Å². The minimum Gasteiger partial charge on any atom is -0.494 e. The number of ether oxygens (including phenoxy) is 2. The Morgan fingerprint density at radius 1 is 1.06 bits per heavy atom. The fourth-order valence-electron chi connectivity index (χ4n) is 5.31. The molecule has 47 heavy (non-hydrogen) atoms. The second kappa shape index (κ2) is 14.6. The first-order valence-electron chi connectivity index (χ1n) is 14.7. The topological polar surface area (TPSA) is 81.9 Å². The van der Waals surface area contributed by atoms with E-state index in [0.717, 1.165) is 24.7 Å². The van der Waals surface area contributed by atoms with Crippen molar-refractivity contribution in [2.75, 3.05) is 11.9 Å². The second-order valence-electron chi connectivity index (χ2n) is 10.6. The lowest BCUT2D eigenvalue weighted by Crippen LogP contribution is -2.40. The summed E-state index contributed by atoms with van der Waals surface area (Å²) in [6.45, 7) is 4.51. The number of amides is 1. The number of hydrogen-bond acceptors (Lipinski definition) is 6. The number of allylic oxidation sites excluding steroid dienone is 1. The van der Waals surface area contributed by atoms with E-state index in [-0.39, 0.29) is 18.1 Å². The maximum atomic E-state index is 14.3. The van der Waals surface area contributed by atoms with Crippen molar-refractivity contribution in [3.8, 4) is 11.5 Å². The summed E-state index contributed by atoms with van der Waals surface area (Å²) in [7, 11) is 0. The van der Waals surface area contributed by atoms with E-state index >= 15 is 0 Å². The van der Waals surface area contributed by atoms with Crippen LogP contribution in [0.5, 0.6) is 11.5 Å². The number of hydrogen-bond donors (Lipinski definition) is 1. The van der Waals surface area contributed by atoms with Gasteiger partial charge in [-0.3, -0.25) is 14.2 Å². The summed E-state index contributed by atoms with van der Waals surface area (Å²) in [5.41, 5.74) is 3.63. The first-order chi connectivity index (χ1) is 22.7. The summed E-state index contributed by atoms with van der Waals surface area (Å²) in [5.74, 6) is 0.998. The Morgan fingerprint density at radius 3 is 2.51 bits per heavy atom. The molecule has 0 radical (unpaired) electrons. The van der Waals surface area contributed by atoms with Crippen molar-refractivity contribution in [3.05, 3.63) is 152 Å². The van der Waals surface area contributed by atoms with Crippen molar-refractivity contribution in [2.45, 2.75) is 26.5 Å². The Bertz CT molecular complexity index is 2180. The normalized spacial score (nSPS) is 14.4.